The van der Waals surface area contributed by atoms with E-state index in [1.54, 1.807) is 0 Å². The maximum Gasteiger partial charge on any atom is 0.0221 e. The zero-order valence-corrected chi connectivity index (χ0v) is 13.0. The fourth-order valence-electron chi connectivity index (χ4n) is 2.66. The van der Waals surface area contributed by atoms with Gasteiger partial charge in [-0.2, -0.15) is 0 Å². The van der Waals surface area contributed by atoms with Crippen LogP contribution < -0.4 is 5.32 Å². The molecule has 2 nitrogen and oxygen atoms in total. The molecule has 1 aromatic rings. The van der Waals surface area contributed by atoms with Crippen LogP contribution in [-0.4, -0.2) is 42.9 Å². The van der Waals surface area contributed by atoms with Crippen LogP contribution in [0.1, 0.15) is 25.3 Å². The zero-order chi connectivity index (χ0) is 13.5. The zero-order valence-electron chi connectivity index (χ0n) is 12.2. The lowest BCUT2D eigenvalue weighted by molar-refractivity contribution is 0.184. The normalized spacial score (nSPS) is 19.8. The molecular weight excluding hydrogens is 252 g/mol. The van der Waals surface area contributed by atoms with Gasteiger partial charge in [-0.25, -0.2) is 0 Å². The molecule has 1 aromatic carbocycles. The molecule has 0 aliphatic carbocycles. The van der Waals surface area contributed by atoms with Crippen molar-refractivity contribution >= 4 is 11.8 Å². The van der Waals surface area contributed by atoms with Gasteiger partial charge in [-0.15, -0.1) is 11.8 Å². The highest BCUT2D eigenvalue weighted by Gasteiger charge is 2.18. The summed E-state index contributed by atoms with van der Waals surface area (Å²) in [5.74, 6) is 1.19. The summed E-state index contributed by atoms with van der Waals surface area (Å²) in [6, 6.07) is 9.62. The number of aryl methyl sites for hydroxylation is 1. The van der Waals surface area contributed by atoms with Crippen LogP contribution in [0.3, 0.4) is 0 Å². The maximum absolute atomic E-state index is 3.52. The van der Waals surface area contributed by atoms with Crippen LogP contribution in [0.4, 0.5) is 0 Å². The number of hydrogen-bond acceptors (Lipinski definition) is 3. The van der Waals surface area contributed by atoms with E-state index in [9.17, 15) is 0 Å². The average Bonchev–Trinajstić information content (AvgIpc) is 2.46. The summed E-state index contributed by atoms with van der Waals surface area (Å²) in [6.07, 6.45) is 2.68. The van der Waals surface area contributed by atoms with Gasteiger partial charge in [0.15, 0.2) is 0 Å². The Hall–Kier alpha value is -0.510. The highest BCUT2D eigenvalue weighted by molar-refractivity contribution is 7.99. The van der Waals surface area contributed by atoms with Gasteiger partial charge in [0.05, 0.1) is 0 Å². The first-order valence-electron chi connectivity index (χ1n) is 7.44. The van der Waals surface area contributed by atoms with E-state index in [0.29, 0.717) is 0 Å². The van der Waals surface area contributed by atoms with Crippen LogP contribution in [0.2, 0.25) is 0 Å². The molecule has 1 atom stereocenters. The number of hydrogen-bond donors (Lipinski definition) is 1. The molecular formula is C16H26N2S. The van der Waals surface area contributed by atoms with Gasteiger partial charge >= 0.3 is 0 Å². The lowest BCUT2D eigenvalue weighted by atomic mass is 10.1. The minimum absolute atomic E-state index is 0.748. The molecule has 19 heavy (non-hydrogen) atoms. The van der Waals surface area contributed by atoms with Crippen molar-refractivity contribution < 1.29 is 0 Å². The SMILES string of the molecule is CCN(CCSc1ccc(C)cc1)C1CCCNC1. The minimum Gasteiger partial charge on any atom is -0.315 e. The minimum atomic E-state index is 0.748. The molecule has 1 saturated heterocycles. The number of likely N-dealkylation sites (N-methyl/N-ethyl adjacent to an activating group) is 1. The molecule has 0 saturated carbocycles. The lowest BCUT2D eigenvalue weighted by Gasteiger charge is -2.33. The molecule has 0 spiro atoms. The second-order valence-corrected chi connectivity index (χ2v) is 6.46. The number of benzene rings is 1. The molecule has 106 valence electrons. The summed E-state index contributed by atoms with van der Waals surface area (Å²) in [7, 11) is 0. The summed E-state index contributed by atoms with van der Waals surface area (Å²) in [6.45, 7) is 9.16. The van der Waals surface area contributed by atoms with E-state index in [1.807, 2.05) is 11.8 Å². The van der Waals surface area contributed by atoms with Crippen molar-refractivity contribution in [1.82, 2.24) is 10.2 Å². The van der Waals surface area contributed by atoms with Crippen molar-refractivity contribution in [2.75, 3.05) is 31.9 Å². The van der Waals surface area contributed by atoms with Crippen molar-refractivity contribution in [1.29, 1.82) is 0 Å². The topological polar surface area (TPSA) is 15.3 Å². The van der Waals surface area contributed by atoms with E-state index in [0.717, 1.165) is 6.04 Å². The standard InChI is InChI=1S/C16H26N2S/c1-3-18(15-5-4-10-17-13-15)11-12-19-16-8-6-14(2)7-9-16/h6-9,15,17H,3-5,10-13H2,1-2H3. The average molecular weight is 278 g/mol. The molecule has 0 bridgehead atoms. The molecule has 0 amide bonds. The second-order valence-electron chi connectivity index (χ2n) is 5.29. The number of thioether (sulfide) groups is 1. The number of rotatable bonds is 6. The molecule has 0 aromatic heterocycles. The Balaban J connectivity index is 1.74. The number of piperidine rings is 1. The fraction of sp³-hybridized carbons (Fsp3) is 0.625. The van der Waals surface area contributed by atoms with Crippen molar-refractivity contribution in [3.63, 3.8) is 0 Å². The summed E-state index contributed by atoms with van der Waals surface area (Å²) in [5, 5.41) is 3.52. The van der Waals surface area contributed by atoms with E-state index in [-0.39, 0.29) is 0 Å². The van der Waals surface area contributed by atoms with Crippen LogP contribution >= 0.6 is 11.8 Å². The molecule has 3 heteroatoms. The Labute approximate surface area is 122 Å². The first-order valence-corrected chi connectivity index (χ1v) is 8.42. The summed E-state index contributed by atoms with van der Waals surface area (Å²) in [4.78, 5) is 4.02. The Morgan fingerprint density at radius 2 is 2.11 bits per heavy atom. The smallest absolute Gasteiger partial charge is 0.0221 e. The Bertz CT molecular complexity index is 358. The molecule has 1 aliphatic heterocycles. The van der Waals surface area contributed by atoms with E-state index in [4.69, 9.17) is 0 Å². The Kier molecular flexibility index (Phi) is 6.21. The first-order chi connectivity index (χ1) is 9.29. The Morgan fingerprint density at radius 3 is 2.74 bits per heavy atom. The monoisotopic (exact) mass is 278 g/mol. The third kappa shape index (κ3) is 4.83. The van der Waals surface area contributed by atoms with Crippen LogP contribution in [0, 0.1) is 6.92 Å². The molecule has 0 radical (unpaired) electrons. The van der Waals surface area contributed by atoms with Gasteiger partial charge in [-0.05, 0) is 45.0 Å². The van der Waals surface area contributed by atoms with E-state index in [1.165, 1.54) is 55.2 Å². The van der Waals surface area contributed by atoms with Crippen LogP contribution in [0.15, 0.2) is 29.2 Å². The summed E-state index contributed by atoms with van der Waals surface area (Å²) < 4.78 is 0. The molecule has 1 heterocycles. The quantitative estimate of drug-likeness (QED) is 0.805. The predicted octanol–water partition coefficient (Wildman–Crippen LogP) is 3.16. The van der Waals surface area contributed by atoms with Crippen LogP contribution in [0.25, 0.3) is 0 Å². The molecule has 2 rings (SSSR count). The number of nitrogens with one attached hydrogen (secondary N) is 1. The molecule has 1 fully saturated rings. The van der Waals surface area contributed by atoms with Gasteiger partial charge in [-0.1, -0.05) is 24.6 Å². The van der Waals surface area contributed by atoms with Crippen molar-refractivity contribution in [3.05, 3.63) is 29.8 Å². The van der Waals surface area contributed by atoms with Gasteiger partial charge in [0.1, 0.15) is 0 Å². The fourth-order valence-corrected chi connectivity index (χ4v) is 3.55. The molecule has 1 N–H and O–H groups in total. The van der Waals surface area contributed by atoms with Crippen LogP contribution in [-0.2, 0) is 0 Å². The second kappa shape index (κ2) is 7.93. The third-order valence-electron chi connectivity index (χ3n) is 3.86. The van der Waals surface area contributed by atoms with E-state index < -0.39 is 0 Å². The first kappa shape index (κ1) is 14.9. The highest BCUT2D eigenvalue weighted by Crippen LogP contribution is 2.19. The maximum atomic E-state index is 3.52. The molecule has 1 unspecified atom stereocenters. The van der Waals surface area contributed by atoms with Gasteiger partial charge in [0.25, 0.3) is 0 Å². The molecule has 1 aliphatic rings. The Morgan fingerprint density at radius 1 is 1.32 bits per heavy atom. The van der Waals surface area contributed by atoms with Crippen molar-refractivity contribution in [2.24, 2.45) is 0 Å². The predicted molar refractivity (Wildman–Crippen MR) is 85.0 cm³/mol. The van der Waals surface area contributed by atoms with Crippen LogP contribution in [0.5, 0.6) is 0 Å². The largest absolute Gasteiger partial charge is 0.315 e. The summed E-state index contributed by atoms with van der Waals surface area (Å²) >= 11 is 1.97. The van der Waals surface area contributed by atoms with E-state index in [2.05, 4.69) is 48.3 Å². The highest BCUT2D eigenvalue weighted by atomic mass is 32.2. The third-order valence-corrected chi connectivity index (χ3v) is 4.85. The van der Waals surface area contributed by atoms with Gasteiger partial charge in [0.2, 0.25) is 0 Å². The van der Waals surface area contributed by atoms with Gasteiger partial charge < -0.3 is 5.32 Å². The lowest BCUT2D eigenvalue weighted by Crippen LogP contribution is -2.46. The van der Waals surface area contributed by atoms with Crippen molar-refractivity contribution in [2.45, 2.75) is 37.6 Å². The van der Waals surface area contributed by atoms with Gasteiger partial charge in [0, 0.05) is 29.8 Å². The summed E-state index contributed by atoms with van der Waals surface area (Å²) in [5.41, 5.74) is 1.34. The van der Waals surface area contributed by atoms with Crippen molar-refractivity contribution in [3.8, 4) is 0 Å². The van der Waals surface area contributed by atoms with E-state index >= 15 is 0 Å². The number of nitrogens with zero attached hydrogens (tertiary/aromatic N) is 1. The van der Waals surface area contributed by atoms with Gasteiger partial charge in [-0.3, -0.25) is 4.90 Å².